The van der Waals surface area contributed by atoms with Gasteiger partial charge in [0.05, 0.1) is 13.0 Å². The average molecular weight is 325 g/mol. The van der Waals surface area contributed by atoms with E-state index >= 15 is 0 Å². The van der Waals surface area contributed by atoms with Gasteiger partial charge in [-0.2, -0.15) is 0 Å². The number of benzene rings is 1. The molecule has 6 heteroatoms. The van der Waals surface area contributed by atoms with Crippen LogP contribution in [0.3, 0.4) is 0 Å². The molecule has 0 aliphatic rings. The second-order valence-electron chi connectivity index (χ2n) is 4.90. The zero-order valence-electron chi connectivity index (χ0n) is 13.7. The lowest BCUT2D eigenvalue weighted by atomic mass is 10.2. The summed E-state index contributed by atoms with van der Waals surface area (Å²) in [6, 6.07) is 5.38. The zero-order valence-corrected chi connectivity index (χ0v) is 13.7. The number of carbonyl (C=O) groups is 2. The van der Waals surface area contributed by atoms with Crippen LogP contribution in [0.2, 0.25) is 0 Å². The van der Waals surface area contributed by atoms with Gasteiger partial charge < -0.3 is 14.4 Å². The highest BCUT2D eigenvalue weighted by molar-refractivity contribution is 5.94. The number of ether oxygens (including phenoxy) is 2. The third-order valence-corrected chi connectivity index (χ3v) is 3.19. The van der Waals surface area contributed by atoms with E-state index in [9.17, 15) is 14.0 Å². The molecule has 0 aliphatic heterocycles. The summed E-state index contributed by atoms with van der Waals surface area (Å²) in [7, 11) is 0. The van der Waals surface area contributed by atoms with Gasteiger partial charge in [-0.15, -0.1) is 0 Å². The predicted octanol–water partition coefficient (Wildman–Crippen LogP) is 2.65. The van der Waals surface area contributed by atoms with E-state index in [0.29, 0.717) is 38.3 Å². The van der Waals surface area contributed by atoms with Gasteiger partial charge in [0.2, 0.25) is 0 Å². The molecule has 0 heterocycles. The largest absolute Gasteiger partial charge is 0.466 e. The zero-order chi connectivity index (χ0) is 17.1. The third-order valence-electron chi connectivity index (χ3n) is 3.19. The molecule has 0 saturated heterocycles. The molecule has 1 amide bonds. The van der Waals surface area contributed by atoms with E-state index in [0.717, 1.165) is 0 Å². The number of halogens is 1. The van der Waals surface area contributed by atoms with Gasteiger partial charge in [-0.05, 0) is 44.5 Å². The van der Waals surface area contributed by atoms with Crippen LogP contribution in [-0.2, 0) is 14.3 Å². The summed E-state index contributed by atoms with van der Waals surface area (Å²) in [5.74, 6) is -0.962. The lowest BCUT2D eigenvalue weighted by molar-refractivity contribution is -0.143. The Bertz CT molecular complexity index is 490. The molecule has 23 heavy (non-hydrogen) atoms. The number of amides is 1. The topological polar surface area (TPSA) is 55.8 Å². The minimum atomic E-state index is -0.393. The fraction of sp³-hybridized carbons (Fsp3) is 0.529. The Morgan fingerprint density at radius 2 is 1.78 bits per heavy atom. The molecule has 1 rings (SSSR count). The van der Waals surface area contributed by atoms with Crippen molar-refractivity contribution in [2.45, 2.75) is 26.7 Å². The van der Waals surface area contributed by atoms with Crippen molar-refractivity contribution < 1.29 is 23.5 Å². The van der Waals surface area contributed by atoms with Gasteiger partial charge >= 0.3 is 5.97 Å². The minimum absolute atomic E-state index is 0.134. The highest BCUT2D eigenvalue weighted by Crippen LogP contribution is 2.09. The van der Waals surface area contributed by atoms with Gasteiger partial charge in [0.25, 0.3) is 5.91 Å². The highest BCUT2D eigenvalue weighted by atomic mass is 19.1. The molecule has 0 spiro atoms. The van der Waals surface area contributed by atoms with Crippen molar-refractivity contribution in [1.82, 2.24) is 4.90 Å². The van der Waals surface area contributed by atoms with Crippen molar-refractivity contribution in [3.63, 3.8) is 0 Å². The van der Waals surface area contributed by atoms with Crippen LogP contribution in [0.25, 0.3) is 0 Å². The molecule has 128 valence electrons. The van der Waals surface area contributed by atoms with Crippen LogP contribution in [0.5, 0.6) is 0 Å². The first-order valence-electron chi connectivity index (χ1n) is 7.86. The second kappa shape index (κ2) is 10.7. The van der Waals surface area contributed by atoms with E-state index < -0.39 is 5.82 Å². The van der Waals surface area contributed by atoms with E-state index in [1.54, 1.807) is 11.8 Å². The average Bonchev–Trinajstić information content (AvgIpc) is 2.54. The van der Waals surface area contributed by atoms with Crippen molar-refractivity contribution in [2.75, 3.05) is 32.9 Å². The van der Waals surface area contributed by atoms with E-state index in [1.807, 2.05) is 6.92 Å². The molecule has 0 unspecified atom stereocenters. The quantitative estimate of drug-likeness (QED) is 0.490. The number of nitrogens with zero attached hydrogens (tertiary/aromatic N) is 1. The Balaban J connectivity index is 2.66. The maximum atomic E-state index is 13.0. The normalized spacial score (nSPS) is 10.4. The number of rotatable bonds is 10. The maximum absolute atomic E-state index is 13.0. The number of hydrogen-bond acceptors (Lipinski definition) is 4. The number of hydrogen-bond donors (Lipinski definition) is 0. The van der Waals surface area contributed by atoms with Crippen LogP contribution in [0.4, 0.5) is 4.39 Å². The maximum Gasteiger partial charge on any atom is 0.307 e. The van der Waals surface area contributed by atoms with Gasteiger partial charge in [-0.3, -0.25) is 9.59 Å². The fourth-order valence-electron chi connectivity index (χ4n) is 2.05. The molecule has 0 aromatic heterocycles. The summed E-state index contributed by atoms with van der Waals surface area (Å²) in [5.41, 5.74) is 0.395. The summed E-state index contributed by atoms with van der Waals surface area (Å²) in [4.78, 5) is 25.6. The number of esters is 1. The lowest BCUT2D eigenvalue weighted by Gasteiger charge is -2.22. The van der Waals surface area contributed by atoms with Crippen LogP contribution in [0.1, 0.15) is 37.0 Å². The van der Waals surface area contributed by atoms with Crippen LogP contribution < -0.4 is 0 Å². The summed E-state index contributed by atoms with van der Waals surface area (Å²) >= 11 is 0. The van der Waals surface area contributed by atoms with Gasteiger partial charge in [0.1, 0.15) is 5.82 Å². The molecule has 0 atom stereocenters. The van der Waals surface area contributed by atoms with Crippen molar-refractivity contribution in [1.29, 1.82) is 0 Å². The molecule has 0 bridgehead atoms. The first-order chi connectivity index (χ1) is 11.1. The summed E-state index contributed by atoms with van der Waals surface area (Å²) in [5, 5.41) is 0. The summed E-state index contributed by atoms with van der Waals surface area (Å²) in [6.45, 7) is 5.85. The van der Waals surface area contributed by atoms with Gasteiger partial charge in [-0.25, -0.2) is 4.39 Å². The molecular formula is C17H24FNO4. The van der Waals surface area contributed by atoms with E-state index in [2.05, 4.69) is 0 Å². The smallest absolute Gasteiger partial charge is 0.307 e. The second-order valence-corrected chi connectivity index (χ2v) is 4.90. The predicted molar refractivity (Wildman–Crippen MR) is 84.7 cm³/mol. The molecule has 0 fully saturated rings. The SMILES string of the molecule is CCOCCCN(CCC(=O)OCC)C(=O)c1ccc(F)cc1. The van der Waals surface area contributed by atoms with Gasteiger partial charge in [0.15, 0.2) is 0 Å². The summed E-state index contributed by atoms with van der Waals surface area (Å²) < 4.78 is 23.1. The van der Waals surface area contributed by atoms with Crippen LogP contribution in [-0.4, -0.2) is 49.7 Å². The van der Waals surface area contributed by atoms with Crippen LogP contribution >= 0.6 is 0 Å². The lowest BCUT2D eigenvalue weighted by Crippen LogP contribution is -2.34. The van der Waals surface area contributed by atoms with Crippen molar-refractivity contribution >= 4 is 11.9 Å². The Labute approximate surface area is 136 Å². The molecular weight excluding hydrogens is 301 g/mol. The minimum Gasteiger partial charge on any atom is -0.466 e. The van der Waals surface area contributed by atoms with Crippen LogP contribution in [0.15, 0.2) is 24.3 Å². The van der Waals surface area contributed by atoms with E-state index in [-0.39, 0.29) is 24.8 Å². The molecule has 0 N–H and O–H groups in total. The molecule has 0 aliphatic carbocycles. The molecule has 1 aromatic carbocycles. The number of carbonyl (C=O) groups excluding carboxylic acids is 2. The Morgan fingerprint density at radius 3 is 2.39 bits per heavy atom. The first-order valence-corrected chi connectivity index (χ1v) is 7.86. The fourth-order valence-corrected chi connectivity index (χ4v) is 2.05. The van der Waals surface area contributed by atoms with Crippen LogP contribution in [0, 0.1) is 5.82 Å². The Kier molecular flexibility index (Phi) is 8.90. The monoisotopic (exact) mass is 325 g/mol. The first kappa shape index (κ1) is 19.1. The van der Waals surface area contributed by atoms with E-state index in [1.165, 1.54) is 24.3 Å². The van der Waals surface area contributed by atoms with Crippen molar-refractivity contribution in [3.05, 3.63) is 35.6 Å². The molecule has 5 nitrogen and oxygen atoms in total. The summed E-state index contributed by atoms with van der Waals surface area (Å²) in [6.07, 6.45) is 0.805. The van der Waals surface area contributed by atoms with Crippen molar-refractivity contribution in [3.8, 4) is 0 Å². The third kappa shape index (κ3) is 7.23. The molecule has 1 aromatic rings. The highest BCUT2D eigenvalue weighted by Gasteiger charge is 2.17. The van der Waals surface area contributed by atoms with Gasteiger partial charge in [-0.1, -0.05) is 0 Å². The molecule has 0 radical (unpaired) electrons. The van der Waals surface area contributed by atoms with E-state index in [4.69, 9.17) is 9.47 Å². The standard InChI is InChI=1S/C17H24FNO4/c1-3-22-13-5-11-19(12-10-16(20)23-4-2)17(21)14-6-8-15(18)9-7-14/h6-9H,3-5,10-13H2,1-2H3. The Morgan fingerprint density at radius 1 is 1.09 bits per heavy atom. The molecule has 0 saturated carbocycles. The van der Waals surface area contributed by atoms with Crippen molar-refractivity contribution in [2.24, 2.45) is 0 Å². The van der Waals surface area contributed by atoms with Gasteiger partial charge in [0, 0.05) is 31.9 Å². The Hall–Kier alpha value is -1.95.